The van der Waals surface area contributed by atoms with Gasteiger partial charge in [0.15, 0.2) is 0 Å². The molecular formula is C30H34N2O4. The normalized spacial score (nSPS) is 26.2. The third kappa shape index (κ3) is 4.46. The van der Waals surface area contributed by atoms with Crippen LogP contribution in [0.4, 0.5) is 0 Å². The SMILES string of the molecule is CC(=O)OC1C[C@@H](N(C)C(=O)c2ccc3ccccc3c2)C[C@]2(c3cccc(O)c3)CCN(C)C[C@@H]12. The summed E-state index contributed by atoms with van der Waals surface area (Å²) in [7, 11) is 3.96. The number of amides is 1. The summed E-state index contributed by atoms with van der Waals surface area (Å²) in [6.45, 7) is 3.15. The van der Waals surface area contributed by atoms with Crippen molar-refractivity contribution in [2.75, 3.05) is 27.2 Å². The molecule has 1 heterocycles. The number of fused-ring (bicyclic) bond motifs is 2. The van der Waals surface area contributed by atoms with Gasteiger partial charge < -0.3 is 19.6 Å². The third-order valence-electron chi connectivity index (χ3n) is 8.31. The van der Waals surface area contributed by atoms with Gasteiger partial charge in [0.05, 0.1) is 0 Å². The number of hydrogen-bond donors (Lipinski definition) is 1. The number of likely N-dealkylation sites (tertiary alicyclic amines) is 1. The molecule has 1 unspecified atom stereocenters. The van der Waals surface area contributed by atoms with Crippen LogP contribution >= 0.6 is 0 Å². The Morgan fingerprint density at radius 1 is 1.06 bits per heavy atom. The minimum atomic E-state index is -0.321. The molecule has 5 rings (SSSR count). The topological polar surface area (TPSA) is 70.1 Å². The molecule has 0 spiro atoms. The molecule has 3 aromatic rings. The Morgan fingerprint density at radius 3 is 2.58 bits per heavy atom. The smallest absolute Gasteiger partial charge is 0.302 e. The van der Waals surface area contributed by atoms with Crippen LogP contribution in [-0.2, 0) is 14.9 Å². The van der Waals surface area contributed by atoms with Crippen molar-refractivity contribution in [1.29, 1.82) is 0 Å². The van der Waals surface area contributed by atoms with Gasteiger partial charge in [-0.15, -0.1) is 0 Å². The van der Waals surface area contributed by atoms with Gasteiger partial charge in [0.2, 0.25) is 0 Å². The Morgan fingerprint density at radius 2 is 1.83 bits per heavy atom. The van der Waals surface area contributed by atoms with E-state index in [0.29, 0.717) is 12.0 Å². The summed E-state index contributed by atoms with van der Waals surface area (Å²) in [6.07, 6.45) is 1.89. The van der Waals surface area contributed by atoms with E-state index in [2.05, 4.69) is 18.0 Å². The number of phenolic OH excluding ortho intramolecular Hbond substituents is 1. The highest BCUT2D eigenvalue weighted by Crippen LogP contribution is 2.51. The van der Waals surface area contributed by atoms with Crippen LogP contribution < -0.4 is 0 Å². The third-order valence-corrected chi connectivity index (χ3v) is 8.31. The second-order valence-electron chi connectivity index (χ2n) is 10.5. The highest BCUT2D eigenvalue weighted by atomic mass is 16.5. The van der Waals surface area contributed by atoms with E-state index in [0.717, 1.165) is 42.3 Å². The van der Waals surface area contributed by atoms with Gasteiger partial charge in [0, 0.05) is 49.9 Å². The zero-order valence-electron chi connectivity index (χ0n) is 21.2. The number of carbonyl (C=O) groups is 2. The molecule has 2 aliphatic rings. The lowest BCUT2D eigenvalue weighted by Crippen LogP contribution is -2.61. The highest BCUT2D eigenvalue weighted by molar-refractivity contribution is 5.98. The summed E-state index contributed by atoms with van der Waals surface area (Å²) in [5.41, 5.74) is 1.39. The molecule has 6 heteroatoms. The molecule has 1 amide bonds. The van der Waals surface area contributed by atoms with Crippen LogP contribution in [-0.4, -0.2) is 66.1 Å². The van der Waals surface area contributed by atoms with Gasteiger partial charge in [-0.2, -0.15) is 0 Å². The predicted octanol–water partition coefficient (Wildman–Crippen LogP) is 4.60. The van der Waals surface area contributed by atoms with Gasteiger partial charge in [0.25, 0.3) is 5.91 Å². The van der Waals surface area contributed by atoms with E-state index in [1.54, 1.807) is 6.07 Å². The lowest BCUT2D eigenvalue weighted by atomic mass is 9.56. The summed E-state index contributed by atoms with van der Waals surface area (Å²) in [6, 6.07) is 21.2. The zero-order chi connectivity index (χ0) is 25.4. The maximum absolute atomic E-state index is 13.7. The van der Waals surface area contributed by atoms with Crippen molar-refractivity contribution in [1.82, 2.24) is 9.80 Å². The predicted molar refractivity (Wildman–Crippen MR) is 140 cm³/mol. The molecule has 3 aromatic carbocycles. The average molecular weight is 487 g/mol. The van der Waals surface area contributed by atoms with E-state index in [4.69, 9.17) is 4.74 Å². The lowest BCUT2D eigenvalue weighted by molar-refractivity contribution is -0.158. The molecule has 0 radical (unpaired) electrons. The van der Waals surface area contributed by atoms with Crippen LogP contribution in [0.15, 0.2) is 66.7 Å². The van der Waals surface area contributed by atoms with Crippen molar-refractivity contribution in [3.05, 3.63) is 77.9 Å². The second-order valence-corrected chi connectivity index (χ2v) is 10.5. The number of rotatable bonds is 4. The van der Waals surface area contributed by atoms with E-state index >= 15 is 0 Å². The molecule has 0 aromatic heterocycles. The van der Waals surface area contributed by atoms with Crippen LogP contribution in [0.3, 0.4) is 0 Å². The van der Waals surface area contributed by atoms with Gasteiger partial charge in [-0.05, 0) is 67.0 Å². The van der Waals surface area contributed by atoms with E-state index in [1.807, 2.05) is 66.5 Å². The van der Waals surface area contributed by atoms with Gasteiger partial charge in [-0.3, -0.25) is 9.59 Å². The monoisotopic (exact) mass is 486 g/mol. The van der Waals surface area contributed by atoms with Crippen molar-refractivity contribution < 1.29 is 19.4 Å². The van der Waals surface area contributed by atoms with Crippen LogP contribution in [0.5, 0.6) is 5.75 Å². The molecule has 4 atom stereocenters. The number of piperidine rings is 1. The Balaban J connectivity index is 1.52. The Kier molecular flexibility index (Phi) is 6.47. The Hall–Kier alpha value is -3.38. The summed E-state index contributed by atoms with van der Waals surface area (Å²) < 4.78 is 5.94. The fourth-order valence-electron chi connectivity index (χ4n) is 6.46. The van der Waals surface area contributed by atoms with Crippen molar-refractivity contribution in [3.8, 4) is 5.75 Å². The van der Waals surface area contributed by atoms with Gasteiger partial charge >= 0.3 is 5.97 Å². The Labute approximate surface area is 212 Å². The second kappa shape index (κ2) is 9.58. The van der Waals surface area contributed by atoms with Crippen LogP contribution in [0.1, 0.15) is 42.1 Å². The molecule has 2 fully saturated rings. The maximum Gasteiger partial charge on any atom is 0.302 e. The lowest BCUT2D eigenvalue weighted by Gasteiger charge is -2.56. The molecule has 0 bridgehead atoms. The van der Waals surface area contributed by atoms with Gasteiger partial charge in [-0.1, -0.05) is 42.5 Å². The summed E-state index contributed by atoms with van der Waals surface area (Å²) in [5, 5.41) is 12.5. The number of phenols is 1. The quantitative estimate of drug-likeness (QED) is 0.546. The molecule has 1 aliphatic carbocycles. The molecule has 36 heavy (non-hydrogen) atoms. The standard InChI is InChI=1S/C30H34N2O4/c1-20(33)36-28-17-25(32(3)29(35)23-12-11-21-7-4-5-8-22(21)15-23)18-30(13-14-31(2)19-27(28)30)24-9-6-10-26(34)16-24/h4-12,15-16,25,27-28,34H,13-14,17-19H2,1-3H3/t25-,27+,28?,30+/m1/s1. The van der Waals surface area contributed by atoms with Crippen molar-refractivity contribution in [2.45, 2.75) is 43.7 Å². The number of benzene rings is 3. The number of carbonyl (C=O) groups excluding carboxylic acids is 2. The first-order valence-corrected chi connectivity index (χ1v) is 12.7. The van der Waals surface area contributed by atoms with E-state index in [9.17, 15) is 14.7 Å². The molecule has 1 N–H and O–H groups in total. The first-order chi connectivity index (χ1) is 17.3. The first kappa shape index (κ1) is 24.3. The fraction of sp³-hybridized carbons (Fsp3) is 0.400. The minimum Gasteiger partial charge on any atom is -0.508 e. The first-order valence-electron chi connectivity index (χ1n) is 12.7. The average Bonchev–Trinajstić information content (AvgIpc) is 2.87. The van der Waals surface area contributed by atoms with Crippen LogP contribution in [0.25, 0.3) is 10.8 Å². The van der Waals surface area contributed by atoms with E-state index in [1.165, 1.54) is 6.92 Å². The molecular weight excluding hydrogens is 452 g/mol. The summed E-state index contributed by atoms with van der Waals surface area (Å²) >= 11 is 0. The number of aromatic hydroxyl groups is 1. The van der Waals surface area contributed by atoms with Crippen molar-refractivity contribution >= 4 is 22.6 Å². The van der Waals surface area contributed by atoms with Gasteiger partial charge in [-0.25, -0.2) is 0 Å². The molecule has 1 aliphatic heterocycles. The highest BCUT2D eigenvalue weighted by Gasteiger charge is 2.54. The van der Waals surface area contributed by atoms with Crippen LogP contribution in [0, 0.1) is 5.92 Å². The fourth-order valence-corrected chi connectivity index (χ4v) is 6.46. The number of nitrogens with zero attached hydrogens (tertiary/aromatic N) is 2. The van der Waals surface area contributed by atoms with Crippen molar-refractivity contribution in [3.63, 3.8) is 0 Å². The number of ether oxygens (including phenoxy) is 1. The Bertz CT molecular complexity index is 1290. The zero-order valence-corrected chi connectivity index (χ0v) is 21.2. The van der Waals surface area contributed by atoms with Crippen LogP contribution in [0.2, 0.25) is 0 Å². The summed E-state index contributed by atoms with van der Waals surface area (Å²) in [4.78, 5) is 30.0. The number of hydrogen-bond acceptors (Lipinski definition) is 5. The molecule has 188 valence electrons. The largest absolute Gasteiger partial charge is 0.508 e. The molecule has 1 saturated carbocycles. The van der Waals surface area contributed by atoms with Gasteiger partial charge in [0.1, 0.15) is 11.9 Å². The molecule has 1 saturated heterocycles. The maximum atomic E-state index is 13.7. The summed E-state index contributed by atoms with van der Waals surface area (Å²) in [5.74, 6) is -0.0411. The van der Waals surface area contributed by atoms with E-state index < -0.39 is 0 Å². The van der Waals surface area contributed by atoms with E-state index in [-0.39, 0.29) is 41.1 Å². The van der Waals surface area contributed by atoms with Crippen molar-refractivity contribution in [2.24, 2.45) is 5.92 Å². The number of esters is 1. The molecule has 6 nitrogen and oxygen atoms in total. The minimum absolute atomic E-state index is 0.0373.